The van der Waals surface area contributed by atoms with Gasteiger partial charge in [-0.3, -0.25) is 14.5 Å². The zero-order chi connectivity index (χ0) is 18.2. The number of amides is 1. The molecule has 2 N–H and O–H groups in total. The highest BCUT2D eigenvalue weighted by atomic mass is 16.5. The molecule has 0 aliphatic heterocycles. The van der Waals surface area contributed by atoms with Crippen LogP contribution in [-0.2, 0) is 0 Å². The summed E-state index contributed by atoms with van der Waals surface area (Å²) >= 11 is 0. The van der Waals surface area contributed by atoms with E-state index in [0.717, 1.165) is 24.4 Å². The number of benzene rings is 1. The maximum Gasteiger partial charge on any atom is 0.252 e. The Hall–Kier alpha value is -2.60. The first-order valence-corrected chi connectivity index (χ1v) is 8.44. The van der Waals surface area contributed by atoms with Gasteiger partial charge in [-0.25, -0.2) is 0 Å². The number of methoxy groups -OCH3 is 1. The third kappa shape index (κ3) is 4.93. The molecule has 2 aromatic rings. The van der Waals surface area contributed by atoms with E-state index >= 15 is 0 Å². The Balaban J connectivity index is 2.17. The minimum atomic E-state index is -0.228. The number of hydrogen-bond donors (Lipinski definition) is 2. The Morgan fingerprint density at radius 1 is 1.24 bits per heavy atom. The lowest BCUT2D eigenvalue weighted by Crippen LogP contribution is -2.38. The third-order valence-electron chi connectivity index (χ3n) is 4.23. The van der Waals surface area contributed by atoms with E-state index in [4.69, 9.17) is 4.74 Å². The number of aromatic amines is 1. The van der Waals surface area contributed by atoms with E-state index in [1.807, 2.05) is 24.3 Å². The average molecular weight is 343 g/mol. The van der Waals surface area contributed by atoms with Crippen molar-refractivity contribution >= 4 is 5.91 Å². The van der Waals surface area contributed by atoms with Gasteiger partial charge in [0.2, 0.25) is 5.56 Å². The molecule has 25 heavy (non-hydrogen) atoms. The summed E-state index contributed by atoms with van der Waals surface area (Å²) in [7, 11) is 1.64. The standard InChI is InChI=1S/C19H25N3O3/c1-4-22(5-2)17(14-7-6-8-16(11-14)25-3)13-21-19(24)15-9-10-18(23)20-12-15/h6-12,17H,4-5,13H2,1-3H3,(H,20,23)(H,21,24). The lowest BCUT2D eigenvalue weighted by molar-refractivity contribution is 0.0934. The van der Waals surface area contributed by atoms with E-state index in [1.54, 1.807) is 7.11 Å². The van der Waals surface area contributed by atoms with Gasteiger partial charge in [-0.15, -0.1) is 0 Å². The topological polar surface area (TPSA) is 74.4 Å². The molecule has 6 nitrogen and oxygen atoms in total. The fraction of sp³-hybridized carbons (Fsp3) is 0.368. The minimum Gasteiger partial charge on any atom is -0.497 e. The largest absolute Gasteiger partial charge is 0.497 e. The zero-order valence-electron chi connectivity index (χ0n) is 14.9. The summed E-state index contributed by atoms with van der Waals surface area (Å²) in [6.45, 7) is 6.40. The van der Waals surface area contributed by atoms with E-state index in [-0.39, 0.29) is 17.5 Å². The quantitative estimate of drug-likeness (QED) is 0.770. The van der Waals surface area contributed by atoms with Gasteiger partial charge < -0.3 is 15.0 Å². The number of carbonyl (C=O) groups excluding carboxylic acids is 1. The normalized spacial score (nSPS) is 12.0. The summed E-state index contributed by atoms with van der Waals surface area (Å²) in [5, 5.41) is 2.96. The van der Waals surface area contributed by atoms with Gasteiger partial charge in [-0.05, 0) is 36.9 Å². The van der Waals surface area contributed by atoms with Crippen molar-refractivity contribution in [3.8, 4) is 5.75 Å². The summed E-state index contributed by atoms with van der Waals surface area (Å²) in [6, 6.07) is 10.8. The molecule has 1 heterocycles. The number of hydrogen-bond acceptors (Lipinski definition) is 4. The molecule has 1 unspecified atom stereocenters. The van der Waals surface area contributed by atoms with Crippen LogP contribution in [0.15, 0.2) is 47.4 Å². The van der Waals surface area contributed by atoms with Crippen molar-refractivity contribution in [2.45, 2.75) is 19.9 Å². The van der Waals surface area contributed by atoms with Crippen LogP contribution in [0, 0.1) is 0 Å². The fourth-order valence-electron chi connectivity index (χ4n) is 2.81. The van der Waals surface area contributed by atoms with Gasteiger partial charge in [-0.2, -0.15) is 0 Å². The van der Waals surface area contributed by atoms with E-state index in [0.29, 0.717) is 12.1 Å². The Morgan fingerprint density at radius 3 is 2.60 bits per heavy atom. The molecule has 0 saturated carbocycles. The number of rotatable bonds is 8. The number of nitrogens with zero attached hydrogens (tertiary/aromatic N) is 1. The number of H-pyrrole nitrogens is 1. The number of pyridine rings is 1. The van der Waals surface area contributed by atoms with Crippen LogP contribution in [0.3, 0.4) is 0 Å². The van der Waals surface area contributed by atoms with E-state index in [2.05, 4.69) is 29.0 Å². The van der Waals surface area contributed by atoms with Crippen LogP contribution in [0.2, 0.25) is 0 Å². The van der Waals surface area contributed by atoms with Crippen LogP contribution in [0.1, 0.15) is 35.8 Å². The van der Waals surface area contributed by atoms with Crippen LogP contribution in [0.5, 0.6) is 5.75 Å². The Kier molecular flexibility index (Phi) is 6.77. The third-order valence-corrected chi connectivity index (χ3v) is 4.23. The van der Waals surface area contributed by atoms with Crippen LogP contribution < -0.4 is 15.6 Å². The number of ether oxygens (including phenoxy) is 1. The summed E-state index contributed by atoms with van der Waals surface area (Å²) in [5.41, 5.74) is 1.29. The molecule has 0 spiro atoms. The summed E-state index contributed by atoms with van der Waals surface area (Å²) in [5.74, 6) is 0.581. The smallest absolute Gasteiger partial charge is 0.252 e. The summed E-state index contributed by atoms with van der Waals surface area (Å²) < 4.78 is 5.32. The van der Waals surface area contributed by atoms with E-state index in [1.165, 1.54) is 18.3 Å². The molecule has 1 aromatic heterocycles. The van der Waals surface area contributed by atoms with Gasteiger partial charge in [0.05, 0.1) is 18.7 Å². The van der Waals surface area contributed by atoms with Crippen molar-refractivity contribution in [3.63, 3.8) is 0 Å². The molecule has 0 bridgehead atoms. The number of aromatic nitrogens is 1. The van der Waals surface area contributed by atoms with Crippen molar-refractivity contribution in [2.75, 3.05) is 26.7 Å². The van der Waals surface area contributed by atoms with Crippen molar-refractivity contribution in [3.05, 3.63) is 64.1 Å². The predicted octanol–water partition coefficient (Wildman–Crippen LogP) is 2.20. The molecule has 1 amide bonds. The second kappa shape index (κ2) is 9.03. The predicted molar refractivity (Wildman–Crippen MR) is 98.1 cm³/mol. The van der Waals surface area contributed by atoms with Crippen molar-refractivity contribution in [1.82, 2.24) is 15.2 Å². The van der Waals surface area contributed by atoms with Crippen molar-refractivity contribution in [1.29, 1.82) is 0 Å². The molecule has 0 radical (unpaired) electrons. The van der Waals surface area contributed by atoms with Gasteiger partial charge in [0.1, 0.15) is 5.75 Å². The van der Waals surface area contributed by atoms with Crippen LogP contribution in [0.4, 0.5) is 0 Å². The lowest BCUT2D eigenvalue weighted by atomic mass is 10.0. The zero-order valence-corrected chi connectivity index (χ0v) is 14.9. The monoisotopic (exact) mass is 343 g/mol. The maximum atomic E-state index is 12.3. The number of likely N-dealkylation sites (N-methyl/N-ethyl adjacent to an activating group) is 1. The van der Waals surface area contributed by atoms with E-state index in [9.17, 15) is 9.59 Å². The van der Waals surface area contributed by atoms with Gasteiger partial charge in [0, 0.05) is 18.8 Å². The summed E-state index contributed by atoms with van der Waals surface area (Å²) in [6.07, 6.45) is 1.43. The first-order chi connectivity index (χ1) is 12.1. The van der Waals surface area contributed by atoms with E-state index < -0.39 is 0 Å². The number of nitrogens with one attached hydrogen (secondary N) is 2. The fourth-order valence-corrected chi connectivity index (χ4v) is 2.81. The van der Waals surface area contributed by atoms with Gasteiger partial charge in [-0.1, -0.05) is 26.0 Å². The first-order valence-electron chi connectivity index (χ1n) is 8.44. The molecule has 2 rings (SSSR count). The number of carbonyl (C=O) groups is 1. The highest BCUT2D eigenvalue weighted by molar-refractivity contribution is 5.93. The van der Waals surface area contributed by atoms with Crippen molar-refractivity contribution in [2.24, 2.45) is 0 Å². The molecular formula is C19H25N3O3. The highest BCUT2D eigenvalue weighted by Crippen LogP contribution is 2.23. The minimum absolute atomic E-state index is 0.0387. The van der Waals surface area contributed by atoms with Gasteiger partial charge in [0.15, 0.2) is 0 Å². The first kappa shape index (κ1) is 18.7. The Morgan fingerprint density at radius 2 is 2.00 bits per heavy atom. The highest BCUT2D eigenvalue weighted by Gasteiger charge is 2.19. The average Bonchev–Trinajstić information content (AvgIpc) is 2.65. The molecule has 0 saturated heterocycles. The van der Waals surface area contributed by atoms with Gasteiger partial charge >= 0.3 is 0 Å². The molecule has 0 aliphatic carbocycles. The molecular weight excluding hydrogens is 318 g/mol. The molecule has 0 aliphatic rings. The molecule has 0 fully saturated rings. The molecule has 1 atom stereocenters. The van der Waals surface area contributed by atoms with Crippen LogP contribution in [0.25, 0.3) is 0 Å². The molecule has 1 aromatic carbocycles. The summed E-state index contributed by atoms with van der Waals surface area (Å²) in [4.78, 5) is 28.3. The second-order valence-corrected chi connectivity index (χ2v) is 5.67. The lowest BCUT2D eigenvalue weighted by Gasteiger charge is -2.30. The van der Waals surface area contributed by atoms with Gasteiger partial charge in [0.25, 0.3) is 5.91 Å². The van der Waals surface area contributed by atoms with Crippen LogP contribution in [-0.4, -0.2) is 42.5 Å². The van der Waals surface area contributed by atoms with Crippen LogP contribution >= 0.6 is 0 Å². The molecule has 134 valence electrons. The SMILES string of the molecule is CCN(CC)C(CNC(=O)c1ccc(=O)[nH]c1)c1cccc(OC)c1. The second-order valence-electron chi connectivity index (χ2n) is 5.67. The Labute approximate surface area is 147 Å². The molecule has 6 heteroatoms. The van der Waals surface area contributed by atoms with Crippen molar-refractivity contribution < 1.29 is 9.53 Å². The Bertz CT molecular complexity index is 733. The maximum absolute atomic E-state index is 12.3.